The van der Waals surface area contributed by atoms with Crippen LogP contribution in [0.3, 0.4) is 0 Å². The smallest absolute Gasteiger partial charge is 0.336 e. The van der Waals surface area contributed by atoms with Gasteiger partial charge in [-0.15, -0.1) is 0 Å². The number of halogens is 1. The lowest BCUT2D eigenvalue weighted by Crippen LogP contribution is -2.05. The number of carboxylic acids is 1. The highest BCUT2D eigenvalue weighted by molar-refractivity contribution is 5.91. The van der Waals surface area contributed by atoms with Crippen molar-refractivity contribution in [3.8, 4) is 11.3 Å². The second-order valence-corrected chi connectivity index (χ2v) is 5.38. The summed E-state index contributed by atoms with van der Waals surface area (Å²) in [6.07, 6.45) is 0. The Morgan fingerprint density at radius 1 is 1.12 bits per heavy atom. The fraction of sp³-hybridized carbons (Fsp3) is 0.105. The molecule has 0 radical (unpaired) electrons. The third-order valence-electron chi connectivity index (χ3n) is 3.82. The molecule has 1 heterocycles. The van der Waals surface area contributed by atoms with Crippen LogP contribution in [0, 0.1) is 12.7 Å². The first kappa shape index (κ1) is 15.8. The van der Waals surface area contributed by atoms with Gasteiger partial charge in [0, 0.05) is 5.69 Å². The summed E-state index contributed by atoms with van der Waals surface area (Å²) in [6.45, 7) is 2.12. The van der Waals surface area contributed by atoms with Crippen molar-refractivity contribution in [2.75, 3.05) is 5.32 Å². The maximum Gasteiger partial charge on any atom is 0.336 e. The van der Waals surface area contributed by atoms with Gasteiger partial charge >= 0.3 is 5.97 Å². The fourth-order valence-corrected chi connectivity index (χ4v) is 2.52. The average Bonchev–Trinajstić information content (AvgIpc) is 3.03. The molecule has 0 fully saturated rings. The van der Waals surface area contributed by atoms with Crippen LogP contribution >= 0.6 is 0 Å². The fourth-order valence-electron chi connectivity index (χ4n) is 2.52. The molecule has 122 valence electrons. The van der Waals surface area contributed by atoms with Crippen LogP contribution < -0.4 is 5.32 Å². The van der Waals surface area contributed by atoms with Crippen LogP contribution in [0.4, 0.5) is 10.1 Å². The van der Waals surface area contributed by atoms with E-state index in [0.717, 1.165) is 5.69 Å². The Bertz CT molecular complexity index is 886. The lowest BCUT2D eigenvalue weighted by atomic mass is 10.1. The Labute approximate surface area is 138 Å². The summed E-state index contributed by atoms with van der Waals surface area (Å²) >= 11 is 0. The van der Waals surface area contributed by atoms with Crippen LogP contribution in [0.5, 0.6) is 0 Å². The molecule has 0 aliphatic rings. The van der Waals surface area contributed by atoms with Gasteiger partial charge in [-0.05, 0) is 48.9 Å². The molecular weight excluding hydrogens is 309 g/mol. The van der Waals surface area contributed by atoms with Crippen molar-refractivity contribution in [1.82, 2.24) is 0 Å². The van der Waals surface area contributed by atoms with Crippen molar-refractivity contribution < 1.29 is 18.7 Å². The van der Waals surface area contributed by atoms with Gasteiger partial charge in [0.2, 0.25) is 0 Å². The van der Waals surface area contributed by atoms with E-state index in [1.54, 1.807) is 49.4 Å². The summed E-state index contributed by atoms with van der Waals surface area (Å²) in [4.78, 5) is 11.2. The SMILES string of the molecule is Cc1c(NCc2ccc(-c3ccccc3F)o2)cccc1C(=O)O. The number of nitrogens with one attached hydrogen (secondary N) is 1. The number of anilines is 1. The highest BCUT2D eigenvalue weighted by atomic mass is 19.1. The van der Waals surface area contributed by atoms with Crippen LogP contribution in [0.2, 0.25) is 0 Å². The minimum absolute atomic E-state index is 0.256. The van der Waals surface area contributed by atoms with Gasteiger partial charge < -0.3 is 14.8 Å². The van der Waals surface area contributed by atoms with E-state index >= 15 is 0 Å². The van der Waals surface area contributed by atoms with E-state index in [-0.39, 0.29) is 11.4 Å². The molecular formula is C19H16FNO3. The Hall–Kier alpha value is -3.08. The first-order valence-corrected chi connectivity index (χ1v) is 7.46. The van der Waals surface area contributed by atoms with E-state index < -0.39 is 5.97 Å². The number of carbonyl (C=O) groups is 1. The molecule has 0 spiro atoms. The van der Waals surface area contributed by atoms with Crippen molar-refractivity contribution in [2.24, 2.45) is 0 Å². The Kier molecular flexibility index (Phi) is 4.33. The lowest BCUT2D eigenvalue weighted by molar-refractivity contribution is 0.0696. The zero-order valence-corrected chi connectivity index (χ0v) is 13.0. The number of rotatable bonds is 5. The van der Waals surface area contributed by atoms with Crippen LogP contribution in [0.1, 0.15) is 21.7 Å². The van der Waals surface area contributed by atoms with Crippen molar-refractivity contribution >= 4 is 11.7 Å². The first-order chi connectivity index (χ1) is 11.6. The van der Waals surface area contributed by atoms with Gasteiger partial charge in [-0.3, -0.25) is 0 Å². The molecule has 0 amide bonds. The maximum atomic E-state index is 13.8. The molecule has 24 heavy (non-hydrogen) atoms. The van der Waals surface area contributed by atoms with Gasteiger partial charge in [0.1, 0.15) is 17.3 Å². The van der Waals surface area contributed by atoms with Gasteiger partial charge in [0.05, 0.1) is 17.7 Å². The highest BCUT2D eigenvalue weighted by Crippen LogP contribution is 2.26. The molecule has 4 nitrogen and oxygen atoms in total. The van der Waals surface area contributed by atoms with Crippen LogP contribution in [-0.2, 0) is 6.54 Å². The molecule has 3 aromatic rings. The van der Waals surface area contributed by atoms with Crippen molar-refractivity contribution in [3.05, 3.63) is 77.3 Å². The van der Waals surface area contributed by atoms with E-state index in [1.165, 1.54) is 6.07 Å². The summed E-state index contributed by atoms with van der Waals surface area (Å²) in [5.41, 5.74) is 2.05. The standard InChI is InChI=1S/C19H16FNO3/c1-12-14(19(22)23)6-4-8-17(12)21-11-13-9-10-18(24-13)15-5-2-3-7-16(15)20/h2-10,21H,11H2,1H3,(H,22,23). The topological polar surface area (TPSA) is 62.5 Å². The number of benzene rings is 2. The van der Waals surface area contributed by atoms with E-state index in [9.17, 15) is 9.18 Å². The normalized spacial score (nSPS) is 10.6. The monoisotopic (exact) mass is 325 g/mol. The Morgan fingerprint density at radius 3 is 2.67 bits per heavy atom. The minimum atomic E-state index is -0.962. The zero-order chi connectivity index (χ0) is 17.1. The van der Waals surface area contributed by atoms with Crippen molar-refractivity contribution in [2.45, 2.75) is 13.5 Å². The van der Waals surface area contributed by atoms with Crippen LogP contribution in [0.25, 0.3) is 11.3 Å². The summed E-state index contributed by atoms with van der Waals surface area (Å²) in [7, 11) is 0. The molecule has 0 aliphatic carbocycles. The summed E-state index contributed by atoms with van der Waals surface area (Å²) in [6, 6.07) is 15.0. The quantitative estimate of drug-likeness (QED) is 0.713. The third-order valence-corrected chi connectivity index (χ3v) is 3.82. The number of hydrogen-bond acceptors (Lipinski definition) is 3. The van der Waals surface area contributed by atoms with Crippen molar-refractivity contribution in [1.29, 1.82) is 0 Å². The van der Waals surface area contributed by atoms with Gasteiger partial charge in [-0.1, -0.05) is 18.2 Å². The molecule has 1 aromatic heterocycles. The largest absolute Gasteiger partial charge is 0.478 e. The predicted molar refractivity (Wildman–Crippen MR) is 89.6 cm³/mol. The van der Waals surface area contributed by atoms with E-state index in [2.05, 4.69) is 5.32 Å². The molecule has 0 saturated carbocycles. The molecule has 0 bridgehead atoms. The van der Waals surface area contributed by atoms with Crippen LogP contribution in [0.15, 0.2) is 59.0 Å². The minimum Gasteiger partial charge on any atom is -0.478 e. The Morgan fingerprint density at radius 2 is 1.92 bits per heavy atom. The van der Waals surface area contributed by atoms with Crippen molar-refractivity contribution in [3.63, 3.8) is 0 Å². The summed E-state index contributed by atoms with van der Waals surface area (Å²) in [5.74, 6) is -0.207. The van der Waals surface area contributed by atoms with Gasteiger partial charge in [0.15, 0.2) is 0 Å². The summed E-state index contributed by atoms with van der Waals surface area (Å²) < 4.78 is 19.4. The molecule has 5 heteroatoms. The molecule has 3 rings (SSSR count). The number of carboxylic acid groups (broad SMARTS) is 1. The first-order valence-electron chi connectivity index (χ1n) is 7.46. The second kappa shape index (κ2) is 6.58. The molecule has 2 aromatic carbocycles. The average molecular weight is 325 g/mol. The lowest BCUT2D eigenvalue weighted by Gasteiger charge is -2.10. The second-order valence-electron chi connectivity index (χ2n) is 5.38. The summed E-state index contributed by atoms with van der Waals surface area (Å²) in [5, 5.41) is 12.3. The van der Waals surface area contributed by atoms with E-state index in [4.69, 9.17) is 9.52 Å². The van der Waals surface area contributed by atoms with E-state index in [1.807, 2.05) is 6.07 Å². The maximum absolute atomic E-state index is 13.8. The van der Waals surface area contributed by atoms with Gasteiger partial charge in [-0.25, -0.2) is 9.18 Å². The van der Waals surface area contributed by atoms with E-state index in [0.29, 0.717) is 29.2 Å². The predicted octanol–water partition coefficient (Wildman–Crippen LogP) is 4.70. The highest BCUT2D eigenvalue weighted by Gasteiger charge is 2.11. The third kappa shape index (κ3) is 3.15. The molecule has 2 N–H and O–H groups in total. The number of hydrogen-bond donors (Lipinski definition) is 2. The zero-order valence-electron chi connectivity index (χ0n) is 13.0. The number of aromatic carboxylic acids is 1. The molecule has 0 saturated heterocycles. The van der Waals surface area contributed by atoms with Crippen LogP contribution in [-0.4, -0.2) is 11.1 Å². The Balaban J connectivity index is 1.76. The molecule has 0 unspecified atom stereocenters. The van der Waals surface area contributed by atoms with Gasteiger partial charge in [0.25, 0.3) is 0 Å². The number of furan rings is 1. The molecule has 0 aliphatic heterocycles. The molecule has 0 atom stereocenters. The van der Waals surface area contributed by atoms with Gasteiger partial charge in [-0.2, -0.15) is 0 Å².